The maximum Gasteiger partial charge on any atom is 0.226 e. The van der Waals surface area contributed by atoms with Gasteiger partial charge < -0.3 is 15.0 Å². The average Bonchev–Trinajstić information content (AvgIpc) is 3.37. The van der Waals surface area contributed by atoms with E-state index in [-0.39, 0.29) is 18.1 Å². The summed E-state index contributed by atoms with van der Waals surface area (Å²) in [5.41, 5.74) is 1.72. The average molecular weight is 393 g/mol. The summed E-state index contributed by atoms with van der Waals surface area (Å²) in [5, 5.41) is 3.20. The SMILES string of the molecule is CCCNc1ncc(CN2CC[C@@]34O[C@@H](c5ccccc5)CN3C(=O)C[C@@H]24)cn1. The molecule has 1 aromatic heterocycles. The van der Waals surface area contributed by atoms with E-state index >= 15 is 0 Å². The number of ether oxygens (including phenoxy) is 1. The van der Waals surface area contributed by atoms with Crippen LogP contribution in [0.1, 0.15) is 43.4 Å². The molecule has 1 aromatic carbocycles. The zero-order chi connectivity index (χ0) is 19.8. The minimum atomic E-state index is -0.485. The highest BCUT2D eigenvalue weighted by Gasteiger charge is 2.63. The van der Waals surface area contributed by atoms with Crippen LogP contribution in [-0.4, -0.2) is 57.1 Å². The molecule has 3 saturated heterocycles. The van der Waals surface area contributed by atoms with Crippen LogP contribution >= 0.6 is 0 Å². The molecule has 3 aliphatic rings. The van der Waals surface area contributed by atoms with E-state index in [1.54, 1.807) is 0 Å². The summed E-state index contributed by atoms with van der Waals surface area (Å²) < 4.78 is 6.61. The van der Waals surface area contributed by atoms with Gasteiger partial charge in [0.1, 0.15) is 6.10 Å². The molecular weight excluding hydrogens is 366 g/mol. The van der Waals surface area contributed by atoms with Gasteiger partial charge in [-0.1, -0.05) is 37.3 Å². The number of anilines is 1. The number of nitrogens with one attached hydrogen (secondary N) is 1. The molecule has 152 valence electrons. The van der Waals surface area contributed by atoms with Gasteiger partial charge in [-0.05, 0) is 12.0 Å². The third kappa shape index (κ3) is 3.18. The lowest BCUT2D eigenvalue weighted by atomic mass is 10.1. The number of carbonyl (C=O) groups excluding carboxylic acids is 1. The second-order valence-electron chi connectivity index (χ2n) is 8.15. The summed E-state index contributed by atoms with van der Waals surface area (Å²) >= 11 is 0. The maximum atomic E-state index is 12.8. The van der Waals surface area contributed by atoms with Gasteiger partial charge in [0.15, 0.2) is 5.72 Å². The second-order valence-corrected chi connectivity index (χ2v) is 8.15. The van der Waals surface area contributed by atoms with Crippen molar-refractivity contribution in [3.63, 3.8) is 0 Å². The Morgan fingerprint density at radius 2 is 2.03 bits per heavy atom. The third-order valence-electron chi connectivity index (χ3n) is 6.33. The lowest BCUT2D eigenvalue weighted by Crippen LogP contribution is -2.47. The molecule has 1 spiro atoms. The highest BCUT2D eigenvalue weighted by molar-refractivity contribution is 5.81. The highest BCUT2D eigenvalue weighted by Crippen LogP contribution is 2.50. The molecule has 2 aromatic rings. The van der Waals surface area contributed by atoms with E-state index in [1.165, 1.54) is 0 Å². The van der Waals surface area contributed by atoms with Crippen LogP contribution in [0.5, 0.6) is 0 Å². The van der Waals surface area contributed by atoms with Gasteiger partial charge in [-0.25, -0.2) is 9.97 Å². The summed E-state index contributed by atoms with van der Waals surface area (Å²) in [5.74, 6) is 0.869. The van der Waals surface area contributed by atoms with E-state index in [9.17, 15) is 4.79 Å². The fraction of sp³-hybridized carbons (Fsp3) is 0.500. The third-order valence-corrected chi connectivity index (χ3v) is 6.33. The van der Waals surface area contributed by atoms with Crippen LogP contribution in [0.25, 0.3) is 0 Å². The van der Waals surface area contributed by atoms with Gasteiger partial charge in [-0.15, -0.1) is 0 Å². The first-order valence-electron chi connectivity index (χ1n) is 10.5. The van der Waals surface area contributed by atoms with E-state index in [4.69, 9.17) is 4.74 Å². The van der Waals surface area contributed by atoms with Gasteiger partial charge in [-0.3, -0.25) is 9.69 Å². The van der Waals surface area contributed by atoms with Gasteiger partial charge in [0, 0.05) is 50.4 Å². The fourth-order valence-corrected chi connectivity index (χ4v) is 4.94. The Hall–Kier alpha value is -2.51. The number of benzene rings is 1. The van der Waals surface area contributed by atoms with Crippen LogP contribution in [0, 0.1) is 0 Å². The van der Waals surface area contributed by atoms with Crippen LogP contribution in [-0.2, 0) is 16.1 Å². The highest BCUT2D eigenvalue weighted by atomic mass is 16.5. The van der Waals surface area contributed by atoms with Crippen molar-refractivity contribution in [2.24, 2.45) is 0 Å². The molecule has 3 fully saturated rings. The summed E-state index contributed by atoms with van der Waals surface area (Å²) in [7, 11) is 0. The smallest absolute Gasteiger partial charge is 0.226 e. The Balaban J connectivity index is 1.31. The number of carbonyl (C=O) groups is 1. The molecule has 5 rings (SSSR count). The van der Waals surface area contributed by atoms with E-state index in [0.29, 0.717) is 18.9 Å². The molecule has 0 radical (unpaired) electrons. The number of nitrogens with zero attached hydrogens (tertiary/aromatic N) is 4. The van der Waals surface area contributed by atoms with Crippen LogP contribution in [0.3, 0.4) is 0 Å². The van der Waals surface area contributed by atoms with Crippen LogP contribution < -0.4 is 5.32 Å². The molecular formula is C22H27N5O2. The Labute approximate surface area is 171 Å². The van der Waals surface area contributed by atoms with Crippen LogP contribution in [0.15, 0.2) is 42.7 Å². The number of amides is 1. The molecule has 7 nitrogen and oxygen atoms in total. The molecule has 3 atom stereocenters. The first-order chi connectivity index (χ1) is 14.2. The first kappa shape index (κ1) is 18.5. The summed E-state index contributed by atoms with van der Waals surface area (Å²) in [6.45, 7) is 5.28. The van der Waals surface area contributed by atoms with Crippen molar-refractivity contribution in [2.75, 3.05) is 25.0 Å². The summed E-state index contributed by atoms with van der Waals surface area (Å²) in [6.07, 6.45) is 6.13. The normalized spacial score (nSPS) is 28.6. The summed E-state index contributed by atoms with van der Waals surface area (Å²) in [4.78, 5) is 26.0. The predicted molar refractivity (Wildman–Crippen MR) is 109 cm³/mol. The van der Waals surface area contributed by atoms with Crippen molar-refractivity contribution < 1.29 is 9.53 Å². The summed E-state index contributed by atoms with van der Waals surface area (Å²) in [6, 6.07) is 10.3. The van der Waals surface area contributed by atoms with Crippen molar-refractivity contribution in [2.45, 2.75) is 50.6 Å². The van der Waals surface area contributed by atoms with E-state index in [2.05, 4.69) is 39.2 Å². The van der Waals surface area contributed by atoms with Gasteiger partial charge in [0.05, 0.1) is 12.6 Å². The standard InChI is InChI=1S/C22H27N5O2/c1-2-9-23-21-24-12-16(13-25-21)14-26-10-8-22-19(26)11-20(28)27(22)15-18(29-22)17-6-4-3-5-7-17/h3-7,12-13,18-19H,2,8-11,14-15H2,1H3,(H,23,24,25)/t18-,19-,22+/m1/s1. The lowest BCUT2D eigenvalue weighted by molar-refractivity contribution is -0.138. The molecule has 1 amide bonds. The molecule has 0 unspecified atom stereocenters. The predicted octanol–water partition coefficient (Wildman–Crippen LogP) is 2.57. The van der Waals surface area contributed by atoms with E-state index in [1.807, 2.05) is 35.5 Å². The number of likely N-dealkylation sites (tertiary alicyclic amines) is 1. The topological polar surface area (TPSA) is 70.6 Å². The quantitative estimate of drug-likeness (QED) is 0.813. The Bertz CT molecular complexity index is 875. The number of rotatable bonds is 6. The van der Waals surface area contributed by atoms with Crippen molar-refractivity contribution in [1.82, 2.24) is 19.8 Å². The fourth-order valence-electron chi connectivity index (χ4n) is 4.94. The van der Waals surface area contributed by atoms with Crippen molar-refractivity contribution in [1.29, 1.82) is 0 Å². The van der Waals surface area contributed by atoms with E-state index < -0.39 is 5.72 Å². The molecule has 1 N–H and O–H groups in total. The maximum absolute atomic E-state index is 12.8. The molecule has 3 aliphatic heterocycles. The number of hydrogen-bond donors (Lipinski definition) is 1. The Kier molecular flexibility index (Phi) is 4.72. The van der Waals surface area contributed by atoms with Gasteiger partial charge in [0.25, 0.3) is 0 Å². The molecule has 4 heterocycles. The van der Waals surface area contributed by atoms with Gasteiger partial charge in [-0.2, -0.15) is 0 Å². The molecule has 29 heavy (non-hydrogen) atoms. The molecule has 0 saturated carbocycles. The Morgan fingerprint density at radius 3 is 2.79 bits per heavy atom. The zero-order valence-electron chi connectivity index (χ0n) is 16.8. The zero-order valence-corrected chi connectivity index (χ0v) is 16.8. The number of aromatic nitrogens is 2. The first-order valence-corrected chi connectivity index (χ1v) is 10.5. The van der Waals surface area contributed by atoms with Crippen molar-refractivity contribution >= 4 is 11.9 Å². The van der Waals surface area contributed by atoms with E-state index in [0.717, 1.165) is 43.6 Å². The largest absolute Gasteiger partial charge is 0.354 e. The van der Waals surface area contributed by atoms with Crippen molar-refractivity contribution in [3.8, 4) is 0 Å². The van der Waals surface area contributed by atoms with Crippen molar-refractivity contribution in [3.05, 3.63) is 53.9 Å². The van der Waals surface area contributed by atoms with Gasteiger partial charge in [0.2, 0.25) is 11.9 Å². The second kappa shape index (κ2) is 7.39. The molecule has 0 bridgehead atoms. The lowest BCUT2D eigenvalue weighted by Gasteiger charge is -2.32. The van der Waals surface area contributed by atoms with Crippen LogP contribution in [0.4, 0.5) is 5.95 Å². The Morgan fingerprint density at radius 1 is 1.24 bits per heavy atom. The van der Waals surface area contributed by atoms with Gasteiger partial charge >= 0.3 is 0 Å². The minimum absolute atomic E-state index is 0.0462. The monoisotopic (exact) mass is 393 g/mol. The molecule has 0 aliphatic carbocycles. The van der Waals surface area contributed by atoms with Crippen LogP contribution in [0.2, 0.25) is 0 Å². The minimum Gasteiger partial charge on any atom is -0.354 e. The molecule has 7 heteroatoms. The number of hydrogen-bond acceptors (Lipinski definition) is 6.